The van der Waals surface area contributed by atoms with Gasteiger partial charge in [0.05, 0.1) is 18.4 Å². The third-order valence-electron chi connectivity index (χ3n) is 7.21. The summed E-state index contributed by atoms with van der Waals surface area (Å²) in [6.07, 6.45) is 5.40. The number of fused-ring (bicyclic) bond motifs is 4. The molecular formula is C32H32N2O2. The maximum atomic E-state index is 6.53. The highest BCUT2D eigenvalue weighted by Crippen LogP contribution is 2.47. The average molecular weight is 477 g/mol. The van der Waals surface area contributed by atoms with Crippen LogP contribution in [0, 0.1) is 0 Å². The molecule has 4 nitrogen and oxygen atoms in total. The SMILES string of the molecule is CCCCCCOc1ccc([C@H]2Oc3ccccc3[C@@H]3CC(c4ccc5ccccc5c4)=NN23)cc1. The van der Waals surface area contributed by atoms with E-state index < -0.39 is 0 Å². The second-order valence-electron chi connectivity index (χ2n) is 9.69. The van der Waals surface area contributed by atoms with Gasteiger partial charge < -0.3 is 9.47 Å². The molecule has 4 aromatic carbocycles. The van der Waals surface area contributed by atoms with Gasteiger partial charge in [0, 0.05) is 17.5 Å². The molecule has 0 aliphatic carbocycles. The zero-order valence-electron chi connectivity index (χ0n) is 20.8. The minimum Gasteiger partial charge on any atom is -0.494 e. The molecule has 0 saturated carbocycles. The Morgan fingerprint density at radius 1 is 0.861 bits per heavy atom. The zero-order valence-corrected chi connectivity index (χ0v) is 20.8. The molecular weight excluding hydrogens is 444 g/mol. The predicted octanol–water partition coefficient (Wildman–Crippen LogP) is 8.04. The van der Waals surface area contributed by atoms with Crippen molar-refractivity contribution in [3.63, 3.8) is 0 Å². The Bertz CT molecular complexity index is 1380. The van der Waals surface area contributed by atoms with Crippen LogP contribution in [-0.2, 0) is 0 Å². The fourth-order valence-electron chi connectivity index (χ4n) is 5.25. The molecule has 0 unspecified atom stereocenters. The first kappa shape index (κ1) is 22.7. The molecule has 2 heterocycles. The molecule has 4 aromatic rings. The van der Waals surface area contributed by atoms with Crippen LogP contribution in [0.25, 0.3) is 10.8 Å². The molecule has 0 bridgehead atoms. The van der Waals surface area contributed by atoms with Gasteiger partial charge in [-0.25, -0.2) is 5.01 Å². The first-order valence-electron chi connectivity index (χ1n) is 13.1. The maximum absolute atomic E-state index is 6.53. The van der Waals surface area contributed by atoms with Crippen molar-refractivity contribution in [3.8, 4) is 11.5 Å². The molecule has 2 aliphatic rings. The Labute approximate surface area is 213 Å². The topological polar surface area (TPSA) is 34.1 Å². The number of hydrogen-bond acceptors (Lipinski definition) is 4. The molecule has 2 aliphatic heterocycles. The van der Waals surface area contributed by atoms with Gasteiger partial charge in [-0.05, 0) is 59.2 Å². The van der Waals surface area contributed by atoms with Gasteiger partial charge in [0.25, 0.3) is 0 Å². The summed E-state index contributed by atoms with van der Waals surface area (Å²) in [5, 5.41) is 9.77. The maximum Gasteiger partial charge on any atom is 0.213 e. The molecule has 2 atom stereocenters. The van der Waals surface area contributed by atoms with Crippen LogP contribution in [0.15, 0.2) is 96.1 Å². The summed E-state index contributed by atoms with van der Waals surface area (Å²) in [7, 11) is 0. The van der Waals surface area contributed by atoms with Crippen molar-refractivity contribution in [1.29, 1.82) is 0 Å². The van der Waals surface area contributed by atoms with Crippen molar-refractivity contribution in [2.75, 3.05) is 6.61 Å². The minimum atomic E-state index is -0.276. The Morgan fingerprint density at radius 3 is 2.53 bits per heavy atom. The van der Waals surface area contributed by atoms with Crippen molar-refractivity contribution in [2.45, 2.75) is 51.3 Å². The highest BCUT2D eigenvalue weighted by Gasteiger charge is 2.40. The number of hydrogen-bond donors (Lipinski definition) is 0. The van der Waals surface area contributed by atoms with Gasteiger partial charge in [-0.3, -0.25) is 0 Å². The summed E-state index contributed by atoms with van der Waals surface area (Å²) in [6.45, 7) is 2.99. The number of unbranched alkanes of at least 4 members (excludes halogenated alkanes) is 3. The third-order valence-corrected chi connectivity index (χ3v) is 7.21. The van der Waals surface area contributed by atoms with Crippen LogP contribution < -0.4 is 9.47 Å². The van der Waals surface area contributed by atoms with Crippen molar-refractivity contribution in [3.05, 3.63) is 108 Å². The number of rotatable bonds is 8. The van der Waals surface area contributed by atoms with Crippen molar-refractivity contribution in [2.24, 2.45) is 5.10 Å². The van der Waals surface area contributed by atoms with Crippen LogP contribution in [0.5, 0.6) is 11.5 Å². The van der Waals surface area contributed by atoms with Crippen LogP contribution in [0.1, 0.15) is 68.0 Å². The molecule has 6 rings (SSSR count). The third kappa shape index (κ3) is 4.44. The molecule has 4 heteroatoms. The molecule has 0 N–H and O–H groups in total. The van der Waals surface area contributed by atoms with E-state index in [9.17, 15) is 0 Å². The lowest BCUT2D eigenvalue weighted by Crippen LogP contribution is -2.33. The predicted molar refractivity (Wildman–Crippen MR) is 146 cm³/mol. The van der Waals surface area contributed by atoms with E-state index in [0.717, 1.165) is 42.2 Å². The summed E-state index contributed by atoms with van der Waals surface area (Å²) in [4.78, 5) is 0. The molecule has 0 radical (unpaired) electrons. The first-order valence-corrected chi connectivity index (χ1v) is 13.1. The molecule has 0 aromatic heterocycles. The Morgan fingerprint density at radius 2 is 1.67 bits per heavy atom. The van der Waals surface area contributed by atoms with Crippen molar-refractivity contribution in [1.82, 2.24) is 5.01 Å². The lowest BCUT2D eigenvalue weighted by Gasteiger charge is -2.38. The van der Waals surface area contributed by atoms with E-state index in [1.807, 2.05) is 6.07 Å². The highest BCUT2D eigenvalue weighted by molar-refractivity contribution is 6.04. The number of ether oxygens (including phenoxy) is 2. The van der Waals surface area contributed by atoms with Gasteiger partial charge >= 0.3 is 0 Å². The summed E-state index contributed by atoms with van der Waals surface area (Å²) >= 11 is 0. The lowest BCUT2D eigenvalue weighted by molar-refractivity contribution is -0.0190. The summed E-state index contributed by atoms with van der Waals surface area (Å²) < 4.78 is 12.5. The molecule has 0 saturated heterocycles. The van der Waals surface area contributed by atoms with Crippen molar-refractivity contribution >= 4 is 16.5 Å². The van der Waals surface area contributed by atoms with Gasteiger partial charge in [-0.2, -0.15) is 5.10 Å². The number of nitrogens with zero attached hydrogens (tertiary/aromatic N) is 2. The Balaban J connectivity index is 1.27. The molecule has 0 amide bonds. The standard InChI is InChI=1S/C32H32N2O2/c1-2-3-4-9-20-35-27-18-16-24(17-19-27)32-34-30(28-12-7-8-13-31(28)36-32)22-29(33-34)26-15-14-23-10-5-6-11-25(23)21-26/h5-8,10-19,21,30,32H,2-4,9,20,22H2,1H3/t30-,32+/m0/s1. The highest BCUT2D eigenvalue weighted by atomic mass is 16.5. The summed E-state index contributed by atoms with van der Waals surface area (Å²) in [5.74, 6) is 1.85. The number of para-hydroxylation sites is 1. The normalized spacial score (nSPS) is 18.4. The minimum absolute atomic E-state index is 0.149. The summed E-state index contributed by atoms with van der Waals surface area (Å²) in [5.41, 5.74) is 4.55. The monoisotopic (exact) mass is 476 g/mol. The fourth-order valence-corrected chi connectivity index (χ4v) is 5.25. The second-order valence-corrected chi connectivity index (χ2v) is 9.69. The van der Waals surface area contributed by atoms with Crippen LogP contribution >= 0.6 is 0 Å². The van der Waals surface area contributed by atoms with Crippen molar-refractivity contribution < 1.29 is 9.47 Å². The zero-order chi connectivity index (χ0) is 24.3. The van der Waals surface area contributed by atoms with E-state index in [-0.39, 0.29) is 12.3 Å². The van der Waals surface area contributed by atoms with E-state index in [4.69, 9.17) is 14.6 Å². The van der Waals surface area contributed by atoms with E-state index in [0.29, 0.717) is 0 Å². The first-order chi connectivity index (χ1) is 17.8. The van der Waals surface area contributed by atoms with Gasteiger partial charge in [0.1, 0.15) is 11.5 Å². The summed E-state index contributed by atoms with van der Waals surface area (Å²) in [6, 6.07) is 32.0. The van der Waals surface area contributed by atoms with Crippen LogP contribution in [0.2, 0.25) is 0 Å². The van der Waals surface area contributed by atoms with E-state index in [1.165, 1.54) is 41.2 Å². The fraction of sp³-hybridized carbons (Fsp3) is 0.281. The smallest absolute Gasteiger partial charge is 0.213 e. The molecule has 0 fully saturated rings. The van der Waals surface area contributed by atoms with Gasteiger partial charge in [0.15, 0.2) is 0 Å². The lowest BCUT2D eigenvalue weighted by atomic mass is 9.95. The van der Waals surface area contributed by atoms with E-state index >= 15 is 0 Å². The van der Waals surface area contributed by atoms with Crippen LogP contribution in [0.3, 0.4) is 0 Å². The van der Waals surface area contributed by atoms with E-state index in [1.54, 1.807) is 0 Å². The Hall–Kier alpha value is -3.79. The van der Waals surface area contributed by atoms with Gasteiger partial charge in [-0.1, -0.05) is 80.8 Å². The molecule has 36 heavy (non-hydrogen) atoms. The molecule has 182 valence electrons. The molecule has 0 spiro atoms. The average Bonchev–Trinajstić information content (AvgIpc) is 3.39. The Kier molecular flexibility index (Phi) is 6.33. The number of hydrazone groups is 1. The van der Waals surface area contributed by atoms with Gasteiger partial charge in [-0.15, -0.1) is 0 Å². The van der Waals surface area contributed by atoms with E-state index in [2.05, 4.69) is 96.9 Å². The van der Waals surface area contributed by atoms with Crippen LogP contribution in [0.4, 0.5) is 0 Å². The van der Waals surface area contributed by atoms with Gasteiger partial charge in [0.2, 0.25) is 6.23 Å². The second kappa shape index (κ2) is 10.1. The number of benzene rings is 4. The van der Waals surface area contributed by atoms with Crippen LogP contribution in [-0.4, -0.2) is 17.3 Å². The quantitative estimate of drug-likeness (QED) is 0.241. The largest absolute Gasteiger partial charge is 0.494 e.